The van der Waals surface area contributed by atoms with Gasteiger partial charge in [0.2, 0.25) is 5.96 Å². The molecular weight excluding hydrogens is 564 g/mol. The summed E-state index contributed by atoms with van der Waals surface area (Å²) in [6.07, 6.45) is -0.565. The van der Waals surface area contributed by atoms with Gasteiger partial charge in [0.25, 0.3) is 0 Å². The molecule has 0 aromatic heterocycles. The van der Waals surface area contributed by atoms with Gasteiger partial charge >= 0.3 is 6.09 Å². The fourth-order valence-corrected chi connectivity index (χ4v) is 3.04. The topological polar surface area (TPSA) is 176 Å². The summed E-state index contributed by atoms with van der Waals surface area (Å²) in [4.78, 5) is 18.6. The summed E-state index contributed by atoms with van der Waals surface area (Å²) in [6.45, 7) is 12.2. The number of hydrogen-bond donors (Lipinski definition) is 2. The Hall–Kier alpha value is -3.17. The van der Waals surface area contributed by atoms with Crippen molar-refractivity contribution < 1.29 is 42.7 Å². The van der Waals surface area contributed by atoms with E-state index in [9.17, 15) is 4.79 Å². The van der Waals surface area contributed by atoms with E-state index in [1.54, 1.807) is 27.8 Å². The van der Waals surface area contributed by atoms with Crippen molar-refractivity contribution in [2.24, 2.45) is 10.1 Å². The molecule has 0 spiro atoms. The van der Waals surface area contributed by atoms with E-state index in [1.165, 1.54) is 0 Å². The van der Waals surface area contributed by atoms with Gasteiger partial charge in [0, 0.05) is 25.0 Å². The fraction of sp³-hybridized carbons (Fsp3) is 0.714. The maximum atomic E-state index is 11.9. The second-order valence-corrected chi connectivity index (χ2v) is 9.67. The molecule has 1 amide bonds. The Kier molecular flexibility index (Phi) is 22.3. The van der Waals surface area contributed by atoms with Crippen molar-refractivity contribution in [2.45, 2.75) is 32.9 Å². The molecule has 0 heterocycles. The van der Waals surface area contributed by atoms with Crippen molar-refractivity contribution in [1.82, 2.24) is 10.6 Å². The molecule has 0 aliphatic heterocycles. The van der Waals surface area contributed by atoms with E-state index < -0.39 is 11.7 Å². The summed E-state index contributed by atoms with van der Waals surface area (Å²) in [5, 5.41) is 9.03. The van der Waals surface area contributed by atoms with Crippen LogP contribution in [0.5, 0.6) is 5.75 Å². The second kappa shape index (κ2) is 25.3. The number of alkyl carbamates (subject to hydrolysis) is 1. The van der Waals surface area contributed by atoms with Crippen LogP contribution in [0.25, 0.3) is 10.4 Å². The third-order valence-electron chi connectivity index (χ3n) is 4.98. The average molecular weight is 613 g/mol. The number of aliphatic imine (C=N–C) groups is 1. The molecule has 0 aliphatic carbocycles. The highest BCUT2D eigenvalue weighted by Crippen LogP contribution is 2.12. The number of benzene rings is 1. The lowest BCUT2D eigenvalue weighted by Crippen LogP contribution is -2.43. The maximum Gasteiger partial charge on any atom is 0.414 e. The lowest BCUT2D eigenvalue weighted by molar-refractivity contribution is -0.0175. The lowest BCUT2D eigenvalue weighted by Gasteiger charge is -2.20. The minimum atomic E-state index is -0.586. The van der Waals surface area contributed by atoms with Crippen molar-refractivity contribution in [1.29, 1.82) is 0 Å². The smallest absolute Gasteiger partial charge is 0.414 e. The quantitative estimate of drug-likeness (QED) is 0.0441. The molecule has 244 valence electrons. The number of nitrogens with zero attached hydrogens (tertiary/aromatic N) is 4. The lowest BCUT2D eigenvalue weighted by atomic mass is 10.2. The van der Waals surface area contributed by atoms with E-state index >= 15 is 0 Å². The van der Waals surface area contributed by atoms with Crippen LogP contribution in [-0.4, -0.2) is 117 Å². The standard InChI is InChI=1S/C28H48N6O9/c1-28(2,3)43-27(35)33-26(30-4)31-23-24-5-7-25(8-6-24)42-22-21-41-20-19-40-18-17-39-16-15-38-14-13-37-12-11-36-10-9-32-34-29/h5-8H,9-23H2,1-4H3,(H2,30,31,33,35). The summed E-state index contributed by atoms with van der Waals surface area (Å²) >= 11 is 0. The van der Waals surface area contributed by atoms with Gasteiger partial charge in [0.15, 0.2) is 0 Å². The molecule has 0 atom stereocenters. The summed E-state index contributed by atoms with van der Waals surface area (Å²) in [5.41, 5.74) is 8.55. The normalized spacial score (nSPS) is 11.6. The molecule has 1 rings (SSSR count). The monoisotopic (exact) mass is 612 g/mol. The minimum absolute atomic E-state index is 0.323. The number of ether oxygens (including phenoxy) is 8. The Morgan fingerprint density at radius 1 is 0.767 bits per heavy atom. The molecule has 15 heteroatoms. The highest BCUT2D eigenvalue weighted by Gasteiger charge is 2.17. The van der Waals surface area contributed by atoms with Gasteiger partial charge in [0.05, 0.1) is 79.3 Å². The second-order valence-electron chi connectivity index (χ2n) is 9.67. The molecule has 0 saturated carbocycles. The SMILES string of the molecule is CN=C(NCc1ccc(OCCOCCOCCOCCOCCOCCOCCN=[N+]=[N-])cc1)NC(=O)OC(C)(C)C. The molecular formula is C28H48N6O9. The first-order chi connectivity index (χ1) is 20.8. The van der Waals surface area contributed by atoms with Crippen LogP contribution in [0.15, 0.2) is 34.4 Å². The van der Waals surface area contributed by atoms with Crippen LogP contribution < -0.4 is 15.4 Å². The Balaban J connectivity index is 1.91. The van der Waals surface area contributed by atoms with E-state index in [1.807, 2.05) is 24.3 Å². The average Bonchev–Trinajstić information content (AvgIpc) is 2.97. The summed E-state index contributed by atoms with van der Waals surface area (Å²) in [5.74, 6) is 1.06. The first-order valence-corrected chi connectivity index (χ1v) is 14.2. The number of carbonyl (C=O) groups excluding carboxylic acids is 1. The molecule has 0 bridgehead atoms. The Morgan fingerprint density at radius 3 is 1.67 bits per heavy atom. The molecule has 1 aromatic carbocycles. The first-order valence-electron chi connectivity index (χ1n) is 14.2. The van der Waals surface area contributed by atoms with E-state index in [-0.39, 0.29) is 0 Å². The largest absolute Gasteiger partial charge is 0.491 e. The van der Waals surface area contributed by atoms with Gasteiger partial charge in [-0.2, -0.15) is 0 Å². The van der Waals surface area contributed by atoms with Crippen molar-refractivity contribution in [2.75, 3.05) is 99.5 Å². The zero-order chi connectivity index (χ0) is 31.4. The number of rotatable bonds is 24. The van der Waals surface area contributed by atoms with Gasteiger partial charge in [0.1, 0.15) is 18.0 Å². The van der Waals surface area contributed by atoms with Crippen LogP contribution in [0.1, 0.15) is 26.3 Å². The third kappa shape index (κ3) is 24.0. The predicted octanol–water partition coefficient (Wildman–Crippen LogP) is 3.08. The molecule has 0 fully saturated rings. The van der Waals surface area contributed by atoms with Crippen molar-refractivity contribution in [3.05, 3.63) is 40.3 Å². The van der Waals surface area contributed by atoms with Gasteiger partial charge < -0.3 is 43.2 Å². The van der Waals surface area contributed by atoms with E-state index in [4.69, 9.17) is 43.4 Å². The predicted molar refractivity (Wildman–Crippen MR) is 160 cm³/mol. The zero-order valence-corrected chi connectivity index (χ0v) is 25.9. The van der Waals surface area contributed by atoms with Crippen LogP contribution >= 0.6 is 0 Å². The van der Waals surface area contributed by atoms with E-state index in [2.05, 4.69) is 25.7 Å². The van der Waals surface area contributed by atoms with Crippen LogP contribution in [0.3, 0.4) is 0 Å². The van der Waals surface area contributed by atoms with Crippen LogP contribution in [-0.2, 0) is 39.7 Å². The summed E-state index contributed by atoms with van der Waals surface area (Å²) in [6, 6.07) is 7.60. The van der Waals surface area contributed by atoms with Gasteiger partial charge in [-0.1, -0.05) is 17.2 Å². The molecule has 0 saturated heterocycles. The van der Waals surface area contributed by atoms with Gasteiger partial charge in [-0.05, 0) is 44.0 Å². The Bertz CT molecular complexity index is 922. The number of carbonyl (C=O) groups is 1. The first kappa shape index (κ1) is 37.9. The molecule has 15 nitrogen and oxygen atoms in total. The van der Waals surface area contributed by atoms with E-state index in [0.717, 1.165) is 11.3 Å². The Labute approximate surface area is 254 Å². The number of nitrogens with one attached hydrogen (secondary N) is 2. The van der Waals surface area contributed by atoms with Crippen LogP contribution in [0, 0.1) is 0 Å². The van der Waals surface area contributed by atoms with Gasteiger partial charge in [-0.15, -0.1) is 0 Å². The van der Waals surface area contributed by atoms with Crippen molar-refractivity contribution in [3.8, 4) is 5.75 Å². The van der Waals surface area contributed by atoms with Crippen molar-refractivity contribution >= 4 is 12.1 Å². The molecule has 1 aromatic rings. The van der Waals surface area contributed by atoms with E-state index in [0.29, 0.717) is 105 Å². The van der Waals surface area contributed by atoms with Crippen LogP contribution in [0.2, 0.25) is 0 Å². The molecule has 0 radical (unpaired) electrons. The summed E-state index contributed by atoms with van der Waals surface area (Å²) in [7, 11) is 1.58. The third-order valence-corrected chi connectivity index (χ3v) is 4.98. The maximum absolute atomic E-state index is 11.9. The number of hydrogen-bond acceptors (Lipinski definition) is 11. The molecule has 0 aliphatic rings. The fourth-order valence-electron chi connectivity index (χ4n) is 3.04. The highest BCUT2D eigenvalue weighted by atomic mass is 16.6. The highest BCUT2D eigenvalue weighted by molar-refractivity contribution is 5.93. The van der Waals surface area contributed by atoms with Gasteiger partial charge in [-0.25, -0.2) is 4.79 Å². The van der Waals surface area contributed by atoms with Crippen molar-refractivity contribution in [3.63, 3.8) is 0 Å². The Morgan fingerprint density at radius 2 is 1.23 bits per heavy atom. The zero-order valence-electron chi connectivity index (χ0n) is 25.9. The molecule has 43 heavy (non-hydrogen) atoms. The van der Waals surface area contributed by atoms with Gasteiger partial charge in [-0.3, -0.25) is 10.3 Å². The number of azide groups is 1. The molecule has 0 unspecified atom stereocenters. The summed E-state index contributed by atoms with van der Waals surface area (Å²) < 4.78 is 43.4. The number of guanidine groups is 1. The minimum Gasteiger partial charge on any atom is -0.491 e. The van der Waals surface area contributed by atoms with Crippen LogP contribution in [0.4, 0.5) is 4.79 Å². The number of amides is 1. The molecule has 2 N–H and O–H groups in total.